The number of hydrogen-bond acceptors (Lipinski definition) is 5. The van der Waals surface area contributed by atoms with Gasteiger partial charge in [0.25, 0.3) is 5.69 Å². The second-order valence-corrected chi connectivity index (χ2v) is 7.50. The molecule has 6 nitrogen and oxygen atoms in total. The molecule has 0 radical (unpaired) electrons. The van der Waals surface area contributed by atoms with Gasteiger partial charge in [-0.15, -0.1) is 0 Å². The molecule has 0 aliphatic carbocycles. The molecule has 0 N–H and O–H groups in total. The molecule has 1 aliphatic rings. The Bertz CT molecular complexity index is 1050. The topological polar surface area (TPSA) is 72.2 Å². The summed E-state index contributed by atoms with van der Waals surface area (Å²) in [6, 6.07) is 14.9. The van der Waals surface area contributed by atoms with Crippen molar-refractivity contribution in [1.82, 2.24) is 9.97 Å². The number of unbranched alkanes of at least 4 members (excludes halogenated alkanes) is 2. The lowest BCUT2D eigenvalue weighted by Crippen LogP contribution is -2.25. The van der Waals surface area contributed by atoms with E-state index in [1.807, 2.05) is 30.5 Å². The van der Waals surface area contributed by atoms with E-state index in [1.54, 1.807) is 24.5 Å². The highest BCUT2D eigenvalue weighted by atomic mass is 16.6. The molecule has 0 fully saturated rings. The van der Waals surface area contributed by atoms with Crippen LogP contribution in [0.25, 0.3) is 6.08 Å². The minimum atomic E-state index is -0.355. The van der Waals surface area contributed by atoms with E-state index in [-0.39, 0.29) is 10.6 Å². The van der Waals surface area contributed by atoms with Gasteiger partial charge in [0.2, 0.25) is 0 Å². The number of nitro groups is 1. The predicted octanol–water partition coefficient (Wildman–Crippen LogP) is 5.72. The summed E-state index contributed by atoms with van der Waals surface area (Å²) in [4.78, 5) is 21.6. The molecule has 152 valence electrons. The minimum absolute atomic E-state index is 0.0940. The zero-order chi connectivity index (χ0) is 20.8. The van der Waals surface area contributed by atoms with Crippen LogP contribution in [0.5, 0.6) is 0 Å². The van der Waals surface area contributed by atoms with Crippen LogP contribution in [0.1, 0.15) is 36.8 Å². The number of benzene rings is 1. The van der Waals surface area contributed by atoms with Crippen molar-refractivity contribution >= 4 is 23.3 Å². The molecule has 0 spiro atoms. The summed E-state index contributed by atoms with van der Waals surface area (Å²) >= 11 is 0. The summed E-state index contributed by atoms with van der Waals surface area (Å²) in [5.74, 6) is 0.846. The number of nitrogens with zero attached hydrogens (tertiary/aromatic N) is 4. The van der Waals surface area contributed by atoms with Crippen molar-refractivity contribution in [3.63, 3.8) is 0 Å². The summed E-state index contributed by atoms with van der Waals surface area (Å²) in [7, 11) is 0. The molecule has 4 rings (SSSR count). The van der Waals surface area contributed by atoms with Crippen LogP contribution in [0.2, 0.25) is 0 Å². The molecule has 0 unspecified atom stereocenters. The third-order valence-electron chi connectivity index (χ3n) is 5.33. The van der Waals surface area contributed by atoms with Gasteiger partial charge in [0, 0.05) is 48.5 Å². The van der Waals surface area contributed by atoms with Gasteiger partial charge < -0.3 is 4.90 Å². The molecule has 3 heterocycles. The molecule has 0 amide bonds. The van der Waals surface area contributed by atoms with E-state index in [0.717, 1.165) is 49.2 Å². The number of hydrogen-bond donors (Lipinski definition) is 0. The Morgan fingerprint density at radius 1 is 1.00 bits per heavy atom. The van der Waals surface area contributed by atoms with Crippen molar-refractivity contribution < 1.29 is 4.92 Å². The van der Waals surface area contributed by atoms with E-state index < -0.39 is 0 Å². The van der Waals surface area contributed by atoms with Gasteiger partial charge in [-0.05, 0) is 61.1 Å². The summed E-state index contributed by atoms with van der Waals surface area (Å²) in [6.45, 7) is 0.702. The number of aryl methyl sites for hydroxylation is 1. The first-order chi connectivity index (χ1) is 14.7. The molecular formula is C24H24N4O2. The molecule has 6 heteroatoms. The Labute approximate surface area is 176 Å². The molecule has 3 aromatic rings. The smallest absolute Gasteiger partial charge is 0.271 e. The first-order valence-corrected chi connectivity index (χ1v) is 10.3. The van der Waals surface area contributed by atoms with Gasteiger partial charge in [-0.1, -0.05) is 24.6 Å². The van der Waals surface area contributed by atoms with Crippen molar-refractivity contribution in [1.29, 1.82) is 0 Å². The third-order valence-corrected chi connectivity index (χ3v) is 5.33. The normalized spacial score (nSPS) is 12.9. The number of rotatable bonds is 8. The molecule has 1 aromatic carbocycles. The first kappa shape index (κ1) is 19.8. The molecule has 0 saturated heterocycles. The van der Waals surface area contributed by atoms with Gasteiger partial charge in [0.15, 0.2) is 0 Å². The van der Waals surface area contributed by atoms with Crippen molar-refractivity contribution in [2.45, 2.75) is 32.1 Å². The summed E-state index contributed by atoms with van der Waals surface area (Å²) in [5, 5.41) is 11.2. The summed E-state index contributed by atoms with van der Waals surface area (Å²) in [6.07, 6.45) is 13.2. The highest BCUT2D eigenvalue weighted by Gasteiger charge is 2.21. The summed E-state index contributed by atoms with van der Waals surface area (Å²) in [5.41, 5.74) is 4.55. The standard InChI is InChI=1S/C24H24N4O2/c29-28(30)23-12-4-11-22(16-23)27-18-20(15-21-10-6-14-26-24(21)27)8-3-1-2-7-19-9-5-13-25-17-19/h4-6,9-17H,1-3,7-8,18H2. The van der Waals surface area contributed by atoms with Crippen LogP contribution >= 0.6 is 0 Å². The number of non-ortho nitro benzene ring substituents is 1. The van der Waals surface area contributed by atoms with E-state index in [1.165, 1.54) is 17.2 Å². The van der Waals surface area contributed by atoms with E-state index in [2.05, 4.69) is 27.0 Å². The second-order valence-electron chi connectivity index (χ2n) is 7.50. The lowest BCUT2D eigenvalue weighted by Gasteiger charge is -2.30. The fourth-order valence-electron chi connectivity index (χ4n) is 3.83. The molecule has 0 bridgehead atoms. The molecule has 0 saturated carbocycles. The van der Waals surface area contributed by atoms with Crippen molar-refractivity contribution in [2.75, 3.05) is 11.4 Å². The van der Waals surface area contributed by atoms with Crippen LogP contribution in [-0.4, -0.2) is 21.4 Å². The van der Waals surface area contributed by atoms with Gasteiger partial charge >= 0.3 is 0 Å². The third kappa shape index (κ3) is 4.71. The Morgan fingerprint density at radius 2 is 1.87 bits per heavy atom. The van der Waals surface area contributed by atoms with Crippen LogP contribution in [0.4, 0.5) is 17.2 Å². The highest BCUT2D eigenvalue weighted by molar-refractivity contribution is 5.77. The van der Waals surface area contributed by atoms with Crippen molar-refractivity contribution in [3.05, 3.63) is 93.9 Å². The zero-order valence-corrected chi connectivity index (χ0v) is 16.8. The summed E-state index contributed by atoms with van der Waals surface area (Å²) < 4.78 is 0. The van der Waals surface area contributed by atoms with Crippen molar-refractivity contribution in [3.8, 4) is 0 Å². The largest absolute Gasteiger partial charge is 0.322 e. The van der Waals surface area contributed by atoms with E-state index in [9.17, 15) is 10.1 Å². The van der Waals surface area contributed by atoms with Crippen LogP contribution in [0, 0.1) is 10.1 Å². The zero-order valence-electron chi connectivity index (χ0n) is 16.8. The Hall–Kier alpha value is -3.54. The maximum absolute atomic E-state index is 11.2. The van der Waals surface area contributed by atoms with Crippen LogP contribution in [0.3, 0.4) is 0 Å². The lowest BCUT2D eigenvalue weighted by atomic mass is 9.99. The number of anilines is 2. The first-order valence-electron chi connectivity index (χ1n) is 10.3. The monoisotopic (exact) mass is 400 g/mol. The van der Waals surface area contributed by atoms with Gasteiger partial charge in [0.05, 0.1) is 4.92 Å². The SMILES string of the molecule is O=[N+]([O-])c1cccc(N2CC(CCCCCc3cccnc3)=Cc3cccnc32)c1. The van der Waals surface area contributed by atoms with E-state index in [4.69, 9.17) is 0 Å². The Balaban J connectivity index is 1.43. The quantitative estimate of drug-likeness (QED) is 0.275. The highest BCUT2D eigenvalue weighted by Crippen LogP contribution is 2.35. The van der Waals surface area contributed by atoms with Crippen LogP contribution in [-0.2, 0) is 6.42 Å². The van der Waals surface area contributed by atoms with Crippen molar-refractivity contribution in [2.24, 2.45) is 0 Å². The Kier molecular flexibility index (Phi) is 6.13. The molecule has 30 heavy (non-hydrogen) atoms. The average Bonchev–Trinajstić information content (AvgIpc) is 2.79. The maximum atomic E-state index is 11.2. The number of pyridine rings is 2. The number of nitro benzene ring substituents is 1. The molecule has 1 aliphatic heterocycles. The molecule has 2 aromatic heterocycles. The average molecular weight is 400 g/mol. The second kappa shape index (κ2) is 9.31. The molecular weight excluding hydrogens is 376 g/mol. The van der Waals surface area contributed by atoms with Crippen LogP contribution in [0.15, 0.2) is 72.7 Å². The van der Waals surface area contributed by atoms with Gasteiger partial charge in [-0.25, -0.2) is 4.98 Å². The van der Waals surface area contributed by atoms with Gasteiger partial charge in [0.1, 0.15) is 5.82 Å². The molecule has 0 atom stereocenters. The fraction of sp³-hybridized carbons (Fsp3) is 0.250. The fourth-order valence-corrected chi connectivity index (χ4v) is 3.83. The number of fused-ring (bicyclic) bond motifs is 1. The van der Waals surface area contributed by atoms with Gasteiger partial charge in [-0.2, -0.15) is 0 Å². The van der Waals surface area contributed by atoms with E-state index in [0.29, 0.717) is 6.54 Å². The predicted molar refractivity (Wildman–Crippen MR) is 119 cm³/mol. The minimum Gasteiger partial charge on any atom is -0.322 e. The van der Waals surface area contributed by atoms with Gasteiger partial charge in [-0.3, -0.25) is 15.1 Å². The maximum Gasteiger partial charge on any atom is 0.271 e. The van der Waals surface area contributed by atoms with Crippen LogP contribution < -0.4 is 4.90 Å². The Morgan fingerprint density at radius 3 is 2.70 bits per heavy atom. The van der Waals surface area contributed by atoms with E-state index >= 15 is 0 Å². The number of aromatic nitrogens is 2. The lowest BCUT2D eigenvalue weighted by molar-refractivity contribution is -0.384.